The zero-order valence-corrected chi connectivity index (χ0v) is 12.9. The Morgan fingerprint density at radius 1 is 1.24 bits per heavy atom. The van der Waals surface area contributed by atoms with Crippen molar-refractivity contribution < 1.29 is 4.79 Å². The number of carbonyl (C=O) groups is 1. The van der Waals surface area contributed by atoms with Crippen molar-refractivity contribution in [1.29, 1.82) is 0 Å². The zero-order valence-electron chi connectivity index (χ0n) is 10.5. The summed E-state index contributed by atoms with van der Waals surface area (Å²) in [6.45, 7) is -0.0351. The fraction of sp³-hybridized carbons (Fsp3) is 0.0769. The van der Waals surface area contributed by atoms with Crippen LogP contribution in [0.15, 0.2) is 36.4 Å². The van der Waals surface area contributed by atoms with E-state index >= 15 is 0 Å². The van der Waals surface area contributed by atoms with Gasteiger partial charge in [-0.15, -0.1) is 21.5 Å². The molecule has 0 radical (unpaired) electrons. The Kier molecular flexibility index (Phi) is 4.01. The predicted molar refractivity (Wildman–Crippen MR) is 81.9 cm³/mol. The van der Waals surface area contributed by atoms with Gasteiger partial charge in [0.2, 0.25) is 5.82 Å². The van der Waals surface area contributed by atoms with E-state index in [1.165, 1.54) is 4.80 Å². The standard InChI is InChI=1S/C13H8Cl2N4OS/c14-11-6-9(12(15)21-11)10(20)7-19-17-13(16-18-19)8-4-2-1-3-5-8/h1-6H,7H2. The minimum atomic E-state index is -0.208. The summed E-state index contributed by atoms with van der Waals surface area (Å²) < 4.78 is 0.841. The molecule has 106 valence electrons. The zero-order chi connectivity index (χ0) is 14.8. The number of Topliss-reactive ketones (excluding diaryl/α,β-unsaturated/α-hetero) is 1. The van der Waals surface area contributed by atoms with Gasteiger partial charge in [0, 0.05) is 5.56 Å². The summed E-state index contributed by atoms with van der Waals surface area (Å²) in [5, 5.41) is 12.0. The number of hydrogen-bond acceptors (Lipinski definition) is 5. The van der Waals surface area contributed by atoms with Gasteiger partial charge in [-0.3, -0.25) is 4.79 Å². The van der Waals surface area contributed by atoms with Gasteiger partial charge in [-0.05, 0) is 11.3 Å². The smallest absolute Gasteiger partial charge is 0.204 e. The van der Waals surface area contributed by atoms with Crippen LogP contribution in [0.1, 0.15) is 10.4 Å². The van der Waals surface area contributed by atoms with E-state index in [1.807, 2.05) is 30.3 Å². The van der Waals surface area contributed by atoms with Gasteiger partial charge in [-0.25, -0.2) is 0 Å². The maximum atomic E-state index is 12.1. The van der Waals surface area contributed by atoms with Crippen molar-refractivity contribution in [1.82, 2.24) is 20.2 Å². The van der Waals surface area contributed by atoms with Gasteiger partial charge in [0.15, 0.2) is 5.78 Å². The second kappa shape index (κ2) is 5.93. The summed E-state index contributed by atoms with van der Waals surface area (Å²) >= 11 is 12.9. The summed E-state index contributed by atoms with van der Waals surface area (Å²) in [5.41, 5.74) is 1.22. The number of aromatic nitrogens is 4. The average molecular weight is 339 g/mol. The van der Waals surface area contributed by atoms with Gasteiger partial charge < -0.3 is 0 Å². The number of carbonyl (C=O) groups excluding carboxylic acids is 1. The molecule has 2 aromatic heterocycles. The van der Waals surface area contributed by atoms with Gasteiger partial charge >= 0.3 is 0 Å². The second-order valence-electron chi connectivity index (χ2n) is 4.17. The quantitative estimate of drug-likeness (QED) is 0.682. The third-order valence-corrected chi connectivity index (χ3v) is 4.21. The fourth-order valence-corrected chi connectivity index (χ4v) is 3.26. The molecule has 0 saturated carbocycles. The predicted octanol–water partition coefficient (Wildman–Crippen LogP) is 3.59. The van der Waals surface area contributed by atoms with Crippen LogP contribution < -0.4 is 0 Å². The van der Waals surface area contributed by atoms with Crippen molar-refractivity contribution in [2.75, 3.05) is 0 Å². The first-order valence-electron chi connectivity index (χ1n) is 5.95. The monoisotopic (exact) mass is 338 g/mol. The SMILES string of the molecule is O=C(Cn1nnc(-c2ccccc2)n1)c1cc(Cl)sc1Cl. The van der Waals surface area contributed by atoms with E-state index in [4.69, 9.17) is 23.2 Å². The Balaban J connectivity index is 1.79. The third kappa shape index (κ3) is 3.12. The Morgan fingerprint density at radius 3 is 2.67 bits per heavy atom. The van der Waals surface area contributed by atoms with Crippen LogP contribution in [0.4, 0.5) is 0 Å². The van der Waals surface area contributed by atoms with E-state index in [2.05, 4.69) is 15.4 Å². The third-order valence-electron chi connectivity index (χ3n) is 2.73. The summed E-state index contributed by atoms with van der Waals surface area (Å²) in [4.78, 5) is 13.4. The van der Waals surface area contributed by atoms with Crippen LogP contribution in [0.2, 0.25) is 8.67 Å². The minimum absolute atomic E-state index is 0.0351. The number of benzene rings is 1. The molecule has 5 nitrogen and oxygen atoms in total. The normalized spacial score (nSPS) is 10.8. The van der Waals surface area contributed by atoms with Crippen molar-refractivity contribution in [2.24, 2.45) is 0 Å². The van der Waals surface area contributed by atoms with E-state index in [-0.39, 0.29) is 12.3 Å². The highest BCUT2D eigenvalue weighted by Gasteiger charge is 2.16. The Labute approximate surface area is 134 Å². The van der Waals surface area contributed by atoms with E-state index in [0.717, 1.165) is 16.9 Å². The van der Waals surface area contributed by atoms with Crippen LogP contribution in [0.5, 0.6) is 0 Å². The molecule has 3 rings (SSSR count). The number of rotatable bonds is 4. The molecule has 0 bridgehead atoms. The first kappa shape index (κ1) is 14.2. The lowest BCUT2D eigenvalue weighted by molar-refractivity contribution is 0.0962. The summed E-state index contributed by atoms with van der Waals surface area (Å²) in [5.74, 6) is 0.262. The molecule has 0 spiro atoms. The van der Waals surface area contributed by atoms with Crippen LogP contribution in [0.25, 0.3) is 11.4 Å². The highest BCUT2D eigenvalue weighted by molar-refractivity contribution is 7.20. The number of ketones is 1. The van der Waals surface area contributed by atoms with Crippen LogP contribution in [-0.4, -0.2) is 26.0 Å². The fourth-order valence-electron chi connectivity index (χ4n) is 1.76. The van der Waals surface area contributed by atoms with E-state index in [0.29, 0.717) is 20.1 Å². The van der Waals surface area contributed by atoms with E-state index in [9.17, 15) is 4.79 Å². The lowest BCUT2D eigenvalue weighted by Crippen LogP contribution is -2.12. The maximum absolute atomic E-state index is 12.1. The maximum Gasteiger partial charge on any atom is 0.204 e. The first-order valence-corrected chi connectivity index (χ1v) is 7.52. The molecular formula is C13H8Cl2N4OS. The molecular weight excluding hydrogens is 331 g/mol. The molecule has 2 heterocycles. The first-order chi connectivity index (χ1) is 10.1. The number of hydrogen-bond donors (Lipinski definition) is 0. The molecule has 1 aromatic carbocycles. The lowest BCUT2D eigenvalue weighted by atomic mass is 10.2. The molecule has 0 aliphatic heterocycles. The topological polar surface area (TPSA) is 60.7 Å². The number of tetrazole rings is 1. The van der Waals surface area contributed by atoms with Gasteiger partial charge in [-0.2, -0.15) is 4.80 Å². The molecule has 0 aliphatic carbocycles. The van der Waals surface area contributed by atoms with Crippen molar-refractivity contribution in [2.45, 2.75) is 6.54 Å². The molecule has 0 amide bonds. The lowest BCUT2D eigenvalue weighted by Gasteiger charge is -1.97. The summed E-state index contributed by atoms with van der Waals surface area (Å²) in [6.07, 6.45) is 0. The molecule has 0 N–H and O–H groups in total. The minimum Gasteiger partial charge on any atom is -0.292 e. The van der Waals surface area contributed by atoms with Crippen molar-refractivity contribution in [3.8, 4) is 11.4 Å². The highest BCUT2D eigenvalue weighted by atomic mass is 35.5. The Bertz CT molecular complexity index is 785. The van der Waals surface area contributed by atoms with Crippen molar-refractivity contribution in [3.63, 3.8) is 0 Å². The van der Waals surface area contributed by atoms with Crippen LogP contribution in [0, 0.1) is 0 Å². The van der Waals surface area contributed by atoms with E-state index < -0.39 is 0 Å². The second-order valence-corrected chi connectivity index (χ2v) is 6.46. The van der Waals surface area contributed by atoms with Gasteiger partial charge in [-0.1, -0.05) is 53.5 Å². The van der Waals surface area contributed by atoms with Crippen LogP contribution in [-0.2, 0) is 6.54 Å². The molecule has 21 heavy (non-hydrogen) atoms. The molecule has 8 heteroatoms. The van der Waals surface area contributed by atoms with Gasteiger partial charge in [0.1, 0.15) is 10.9 Å². The van der Waals surface area contributed by atoms with Gasteiger partial charge in [0.05, 0.1) is 9.90 Å². The highest BCUT2D eigenvalue weighted by Crippen LogP contribution is 2.31. The molecule has 0 fully saturated rings. The Hall–Kier alpha value is -1.76. The molecule has 0 saturated heterocycles. The molecule has 0 atom stereocenters. The summed E-state index contributed by atoms with van der Waals surface area (Å²) in [6, 6.07) is 11.0. The van der Waals surface area contributed by atoms with Crippen molar-refractivity contribution >= 4 is 40.3 Å². The van der Waals surface area contributed by atoms with Crippen molar-refractivity contribution in [3.05, 3.63) is 50.6 Å². The molecule has 3 aromatic rings. The Morgan fingerprint density at radius 2 is 2.00 bits per heavy atom. The summed E-state index contributed by atoms with van der Waals surface area (Å²) in [7, 11) is 0. The number of nitrogens with zero attached hydrogens (tertiary/aromatic N) is 4. The van der Waals surface area contributed by atoms with Crippen LogP contribution in [0.3, 0.4) is 0 Å². The molecule has 0 unspecified atom stereocenters. The van der Waals surface area contributed by atoms with Gasteiger partial charge in [0.25, 0.3) is 0 Å². The average Bonchev–Trinajstić information content (AvgIpc) is 3.06. The van der Waals surface area contributed by atoms with Crippen LogP contribution >= 0.6 is 34.5 Å². The largest absolute Gasteiger partial charge is 0.292 e. The number of thiophene rings is 1. The van der Waals surface area contributed by atoms with E-state index in [1.54, 1.807) is 6.07 Å². The number of halogens is 2. The molecule has 0 aliphatic rings.